The van der Waals surface area contributed by atoms with Crippen molar-refractivity contribution < 1.29 is 15.0 Å². The molecule has 0 bridgehead atoms. The van der Waals surface area contributed by atoms with Crippen molar-refractivity contribution in [2.75, 3.05) is 0 Å². The highest BCUT2D eigenvalue weighted by Crippen LogP contribution is 2.21. The molecule has 5 nitrogen and oxygen atoms in total. The average molecular weight is 178 g/mol. The van der Waals surface area contributed by atoms with Crippen LogP contribution in [0.15, 0.2) is 18.2 Å². The second-order valence-electron chi connectivity index (χ2n) is 2.56. The summed E-state index contributed by atoms with van der Waals surface area (Å²) < 4.78 is 0. The molecule has 0 saturated heterocycles. The van der Waals surface area contributed by atoms with E-state index in [4.69, 9.17) is 5.11 Å². The Morgan fingerprint density at radius 2 is 2.23 bits per heavy atom. The summed E-state index contributed by atoms with van der Waals surface area (Å²) >= 11 is 0. The SMILES string of the molecule is O=C(O)c1nc2c(O)cccc2[nH]1. The van der Waals surface area contributed by atoms with Gasteiger partial charge in [-0.3, -0.25) is 0 Å². The number of benzene rings is 1. The van der Waals surface area contributed by atoms with Gasteiger partial charge >= 0.3 is 5.97 Å². The number of fused-ring (bicyclic) bond motifs is 1. The van der Waals surface area contributed by atoms with Gasteiger partial charge in [-0.25, -0.2) is 9.78 Å². The molecule has 1 aromatic heterocycles. The van der Waals surface area contributed by atoms with E-state index in [0.29, 0.717) is 5.52 Å². The zero-order valence-electron chi connectivity index (χ0n) is 6.48. The Hall–Kier alpha value is -2.04. The number of nitrogens with one attached hydrogen (secondary N) is 1. The normalized spacial score (nSPS) is 10.5. The number of para-hydroxylation sites is 1. The molecule has 0 unspecified atom stereocenters. The minimum absolute atomic E-state index is 0.0266. The summed E-state index contributed by atoms with van der Waals surface area (Å²) in [6.07, 6.45) is 0. The summed E-state index contributed by atoms with van der Waals surface area (Å²) in [7, 11) is 0. The second-order valence-corrected chi connectivity index (χ2v) is 2.56. The number of imidazole rings is 1. The summed E-state index contributed by atoms with van der Waals surface area (Å²) in [5.74, 6) is -1.34. The lowest BCUT2D eigenvalue weighted by atomic mass is 10.3. The monoisotopic (exact) mass is 178 g/mol. The predicted molar refractivity (Wildman–Crippen MR) is 44.7 cm³/mol. The second kappa shape index (κ2) is 2.48. The lowest BCUT2D eigenvalue weighted by Crippen LogP contribution is -1.97. The van der Waals surface area contributed by atoms with Gasteiger partial charge in [-0.1, -0.05) is 6.07 Å². The Morgan fingerprint density at radius 3 is 2.85 bits per heavy atom. The smallest absolute Gasteiger partial charge is 0.371 e. The van der Waals surface area contributed by atoms with E-state index in [1.165, 1.54) is 6.07 Å². The Kier molecular flexibility index (Phi) is 1.45. The van der Waals surface area contributed by atoms with E-state index in [0.717, 1.165) is 0 Å². The standard InChI is InChI=1S/C8H6N2O3/c11-5-3-1-2-4-6(5)10-7(9-4)8(12)13/h1-3,11H,(H,9,10)(H,12,13). The number of aromatic amines is 1. The molecule has 1 aromatic carbocycles. The molecule has 0 saturated carbocycles. The Labute approximate surface area is 72.7 Å². The van der Waals surface area contributed by atoms with Gasteiger partial charge in [0.2, 0.25) is 5.82 Å². The van der Waals surface area contributed by atoms with Gasteiger partial charge in [0.15, 0.2) is 0 Å². The van der Waals surface area contributed by atoms with Gasteiger partial charge in [0.25, 0.3) is 0 Å². The van der Waals surface area contributed by atoms with Crippen LogP contribution < -0.4 is 0 Å². The van der Waals surface area contributed by atoms with Crippen LogP contribution in [-0.2, 0) is 0 Å². The highest BCUT2D eigenvalue weighted by Gasteiger charge is 2.10. The van der Waals surface area contributed by atoms with Gasteiger partial charge in [-0.05, 0) is 12.1 Å². The zero-order chi connectivity index (χ0) is 9.42. The van der Waals surface area contributed by atoms with E-state index >= 15 is 0 Å². The molecule has 66 valence electrons. The van der Waals surface area contributed by atoms with Crippen LogP contribution >= 0.6 is 0 Å². The van der Waals surface area contributed by atoms with E-state index in [2.05, 4.69) is 9.97 Å². The van der Waals surface area contributed by atoms with Crippen molar-refractivity contribution in [3.63, 3.8) is 0 Å². The number of phenols is 1. The number of nitrogens with zero attached hydrogens (tertiary/aromatic N) is 1. The first-order chi connectivity index (χ1) is 6.18. The van der Waals surface area contributed by atoms with Gasteiger partial charge in [0, 0.05) is 0 Å². The van der Waals surface area contributed by atoms with Crippen molar-refractivity contribution in [3.8, 4) is 5.75 Å². The van der Waals surface area contributed by atoms with Gasteiger partial charge in [0.1, 0.15) is 11.3 Å². The molecule has 13 heavy (non-hydrogen) atoms. The van der Waals surface area contributed by atoms with Crippen molar-refractivity contribution in [2.45, 2.75) is 0 Å². The molecule has 0 aliphatic carbocycles. The maximum Gasteiger partial charge on any atom is 0.371 e. The first-order valence-electron chi connectivity index (χ1n) is 3.59. The first-order valence-corrected chi connectivity index (χ1v) is 3.59. The van der Waals surface area contributed by atoms with E-state index in [-0.39, 0.29) is 17.1 Å². The van der Waals surface area contributed by atoms with Crippen molar-refractivity contribution in [1.29, 1.82) is 0 Å². The molecule has 3 N–H and O–H groups in total. The van der Waals surface area contributed by atoms with Crippen LogP contribution in [0.3, 0.4) is 0 Å². The highest BCUT2D eigenvalue weighted by atomic mass is 16.4. The quantitative estimate of drug-likeness (QED) is 0.607. The summed E-state index contributed by atoms with van der Waals surface area (Å²) in [4.78, 5) is 16.8. The van der Waals surface area contributed by atoms with Crippen LogP contribution in [-0.4, -0.2) is 26.2 Å². The third-order valence-corrected chi connectivity index (χ3v) is 1.69. The molecule has 0 radical (unpaired) electrons. The molecule has 0 spiro atoms. The van der Waals surface area contributed by atoms with Crippen LogP contribution in [0.4, 0.5) is 0 Å². The van der Waals surface area contributed by atoms with Gasteiger partial charge in [0.05, 0.1) is 5.52 Å². The number of hydrogen-bond acceptors (Lipinski definition) is 3. The van der Waals surface area contributed by atoms with Crippen molar-refractivity contribution >= 4 is 17.0 Å². The number of phenolic OH excluding ortho intramolecular Hbond substituents is 1. The Morgan fingerprint density at radius 1 is 1.46 bits per heavy atom. The average Bonchev–Trinajstić information content (AvgIpc) is 2.49. The summed E-state index contributed by atoms with van der Waals surface area (Å²) in [5.41, 5.74) is 0.789. The number of carboxylic acid groups (broad SMARTS) is 1. The van der Waals surface area contributed by atoms with Gasteiger partial charge in [-0.15, -0.1) is 0 Å². The first kappa shape index (κ1) is 7.60. The van der Waals surface area contributed by atoms with E-state index in [1.54, 1.807) is 12.1 Å². The molecule has 2 aromatic rings. The molecule has 0 amide bonds. The van der Waals surface area contributed by atoms with E-state index < -0.39 is 5.97 Å². The number of hydrogen-bond donors (Lipinski definition) is 3. The van der Waals surface area contributed by atoms with Crippen LogP contribution in [0.5, 0.6) is 5.75 Å². The Balaban J connectivity index is 2.75. The van der Waals surface area contributed by atoms with Crippen molar-refractivity contribution in [3.05, 3.63) is 24.0 Å². The van der Waals surface area contributed by atoms with Crippen LogP contribution in [0.2, 0.25) is 0 Å². The van der Waals surface area contributed by atoms with Crippen LogP contribution in [0, 0.1) is 0 Å². The fourth-order valence-corrected chi connectivity index (χ4v) is 1.12. The minimum Gasteiger partial charge on any atom is -0.506 e. The van der Waals surface area contributed by atoms with Gasteiger partial charge in [-0.2, -0.15) is 0 Å². The molecular formula is C8H6N2O3. The largest absolute Gasteiger partial charge is 0.506 e. The predicted octanol–water partition coefficient (Wildman–Crippen LogP) is 0.967. The number of aromatic carboxylic acids is 1. The van der Waals surface area contributed by atoms with Crippen molar-refractivity contribution in [2.24, 2.45) is 0 Å². The molecule has 0 aliphatic rings. The fraction of sp³-hybridized carbons (Fsp3) is 0. The van der Waals surface area contributed by atoms with Gasteiger partial charge < -0.3 is 15.2 Å². The minimum atomic E-state index is -1.14. The lowest BCUT2D eigenvalue weighted by molar-refractivity contribution is 0.0685. The Bertz CT molecular complexity index is 475. The fourth-order valence-electron chi connectivity index (χ4n) is 1.12. The summed E-state index contributed by atoms with van der Waals surface area (Å²) in [6.45, 7) is 0. The third-order valence-electron chi connectivity index (χ3n) is 1.69. The zero-order valence-corrected chi connectivity index (χ0v) is 6.48. The molecule has 1 heterocycles. The number of aromatic nitrogens is 2. The van der Waals surface area contributed by atoms with Crippen molar-refractivity contribution in [1.82, 2.24) is 9.97 Å². The lowest BCUT2D eigenvalue weighted by Gasteiger charge is -1.89. The number of carbonyl (C=O) groups is 1. The molecular weight excluding hydrogens is 172 g/mol. The maximum atomic E-state index is 10.5. The third kappa shape index (κ3) is 1.10. The number of H-pyrrole nitrogens is 1. The molecule has 0 atom stereocenters. The van der Waals surface area contributed by atoms with Crippen LogP contribution in [0.1, 0.15) is 10.6 Å². The van der Waals surface area contributed by atoms with E-state index in [1.807, 2.05) is 0 Å². The highest BCUT2D eigenvalue weighted by molar-refractivity contribution is 5.90. The molecule has 0 fully saturated rings. The maximum absolute atomic E-state index is 10.5. The molecule has 2 rings (SSSR count). The summed E-state index contributed by atoms with van der Waals surface area (Å²) in [6, 6.07) is 4.71. The number of rotatable bonds is 1. The number of aromatic hydroxyl groups is 1. The topological polar surface area (TPSA) is 86.2 Å². The molecule has 5 heteroatoms. The number of carboxylic acids is 1. The van der Waals surface area contributed by atoms with E-state index in [9.17, 15) is 9.90 Å². The summed E-state index contributed by atoms with van der Waals surface area (Å²) in [5, 5.41) is 17.9. The molecule has 0 aliphatic heterocycles. The van der Waals surface area contributed by atoms with Crippen LogP contribution in [0.25, 0.3) is 11.0 Å².